The molecule has 104 valence electrons. The van der Waals surface area contributed by atoms with Crippen molar-refractivity contribution >= 4 is 29.0 Å². The van der Waals surface area contributed by atoms with Crippen LogP contribution in [-0.4, -0.2) is 23.1 Å². The van der Waals surface area contributed by atoms with Gasteiger partial charge in [0.15, 0.2) is 0 Å². The molecular formula is C13H13ClN4O2. The number of carbonyl (C=O) groups excluding carboxylic acids is 1. The number of rotatable bonds is 3. The summed E-state index contributed by atoms with van der Waals surface area (Å²) in [5, 5.41) is 5.86. The van der Waals surface area contributed by atoms with Gasteiger partial charge >= 0.3 is 12.0 Å². The van der Waals surface area contributed by atoms with Crippen LogP contribution in [0.3, 0.4) is 0 Å². The molecule has 20 heavy (non-hydrogen) atoms. The summed E-state index contributed by atoms with van der Waals surface area (Å²) in [5.41, 5.74) is 2.01. The number of anilines is 2. The first-order valence-corrected chi connectivity index (χ1v) is 6.16. The maximum Gasteiger partial charge on any atom is 0.323 e. The van der Waals surface area contributed by atoms with Crippen LogP contribution in [0.25, 0.3) is 0 Å². The lowest BCUT2D eigenvalue weighted by atomic mass is 10.2. The van der Waals surface area contributed by atoms with Gasteiger partial charge < -0.3 is 15.4 Å². The first-order chi connectivity index (χ1) is 9.58. The molecular weight excluding hydrogens is 280 g/mol. The minimum atomic E-state index is -0.404. The molecule has 0 radical (unpaired) electrons. The maximum absolute atomic E-state index is 11.8. The average molecular weight is 293 g/mol. The number of halogens is 1. The molecule has 0 aliphatic heterocycles. The zero-order valence-corrected chi connectivity index (χ0v) is 11.7. The van der Waals surface area contributed by atoms with Gasteiger partial charge in [-0.2, -0.15) is 0 Å². The van der Waals surface area contributed by atoms with Crippen molar-refractivity contribution in [2.24, 2.45) is 0 Å². The second-order valence-electron chi connectivity index (χ2n) is 4.00. The number of nitrogens with one attached hydrogen (secondary N) is 2. The largest absolute Gasteiger partial charge is 0.467 e. The van der Waals surface area contributed by atoms with E-state index in [2.05, 4.69) is 20.6 Å². The predicted octanol–water partition coefficient (Wildman–Crippen LogP) is 3.09. The van der Waals surface area contributed by atoms with Crippen LogP contribution in [-0.2, 0) is 0 Å². The number of nitrogens with zero attached hydrogens (tertiary/aromatic N) is 2. The summed E-state index contributed by atoms with van der Waals surface area (Å²) < 4.78 is 4.83. The Kier molecular flexibility index (Phi) is 4.37. The zero-order valence-electron chi connectivity index (χ0n) is 11.0. The molecule has 2 aromatic rings. The van der Waals surface area contributed by atoms with E-state index in [1.54, 1.807) is 12.1 Å². The molecule has 2 amide bonds. The van der Waals surface area contributed by atoms with Gasteiger partial charge in [-0.25, -0.2) is 14.8 Å². The van der Waals surface area contributed by atoms with Crippen LogP contribution in [0.4, 0.5) is 16.2 Å². The van der Waals surface area contributed by atoms with Crippen molar-refractivity contribution in [1.29, 1.82) is 0 Å². The van der Waals surface area contributed by atoms with Gasteiger partial charge in [-0.05, 0) is 24.6 Å². The Morgan fingerprint density at radius 1 is 1.20 bits per heavy atom. The average Bonchev–Trinajstić information content (AvgIpc) is 2.44. The van der Waals surface area contributed by atoms with Crippen LogP contribution >= 0.6 is 11.6 Å². The highest BCUT2D eigenvalue weighted by Gasteiger charge is 2.05. The molecule has 6 nitrogen and oxygen atoms in total. The van der Waals surface area contributed by atoms with E-state index in [1.165, 1.54) is 19.5 Å². The second kappa shape index (κ2) is 6.21. The van der Waals surface area contributed by atoms with Crippen molar-refractivity contribution in [3.05, 3.63) is 41.2 Å². The van der Waals surface area contributed by atoms with Crippen LogP contribution in [0, 0.1) is 6.92 Å². The van der Waals surface area contributed by atoms with E-state index in [-0.39, 0.29) is 6.01 Å². The van der Waals surface area contributed by atoms with Gasteiger partial charge in [0.2, 0.25) is 0 Å². The molecule has 0 unspecified atom stereocenters. The Labute approximate surface area is 121 Å². The minimum Gasteiger partial charge on any atom is -0.467 e. The summed E-state index contributed by atoms with van der Waals surface area (Å²) in [6.07, 6.45) is 2.90. The van der Waals surface area contributed by atoms with Gasteiger partial charge in [0.1, 0.15) is 0 Å². The van der Waals surface area contributed by atoms with E-state index < -0.39 is 6.03 Å². The standard InChI is InChI=1S/C13H13ClN4O2/c1-8-3-4-9(5-11(8)14)17-12(19)18-10-6-15-13(20-2)16-7-10/h3-7H,1-2H3,(H2,17,18,19). The Hall–Kier alpha value is -2.34. The molecule has 0 fully saturated rings. The van der Waals surface area contributed by atoms with Crippen LogP contribution in [0.2, 0.25) is 5.02 Å². The quantitative estimate of drug-likeness (QED) is 0.911. The Balaban J connectivity index is 1.99. The van der Waals surface area contributed by atoms with Gasteiger partial charge in [-0.15, -0.1) is 0 Å². The number of hydrogen-bond donors (Lipinski definition) is 2. The number of hydrogen-bond acceptors (Lipinski definition) is 4. The smallest absolute Gasteiger partial charge is 0.323 e. The number of ether oxygens (including phenoxy) is 1. The number of benzene rings is 1. The Bertz CT molecular complexity index is 616. The topological polar surface area (TPSA) is 76.1 Å². The molecule has 1 aromatic carbocycles. The van der Waals surface area contributed by atoms with Crippen molar-refractivity contribution < 1.29 is 9.53 Å². The van der Waals surface area contributed by atoms with Gasteiger partial charge in [0.05, 0.1) is 25.2 Å². The molecule has 0 spiro atoms. The molecule has 0 aliphatic carbocycles. The fraction of sp³-hybridized carbons (Fsp3) is 0.154. The third-order valence-corrected chi connectivity index (χ3v) is 2.91. The highest BCUT2D eigenvalue weighted by atomic mass is 35.5. The van der Waals surface area contributed by atoms with Crippen LogP contribution in [0.15, 0.2) is 30.6 Å². The normalized spacial score (nSPS) is 9.95. The van der Waals surface area contributed by atoms with Gasteiger partial charge in [0.25, 0.3) is 0 Å². The molecule has 1 aromatic heterocycles. The fourth-order valence-electron chi connectivity index (χ4n) is 1.45. The molecule has 2 N–H and O–H groups in total. The number of methoxy groups -OCH3 is 1. The Morgan fingerprint density at radius 2 is 1.85 bits per heavy atom. The molecule has 0 atom stereocenters. The van der Waals surface area contributed by atoms with Crippen LogP contribution < -0.4 is 15.4 Å². The van der Waals surface area contributed by atoms with E-state index in [1.807, 2.05) is 13.0 Å². The van der Waals surface area contributed by atoms with E-state index in [4.69, 9.17) is 16.3 Å². The molecule has 0 aliphatic rings. The number of amides is 2. The summed E-state index contributed by atoms with van der Waals surface area (Å²) in [4.78, 5) is 19.6. The number of aryl methyl sites for hydroxylation is 1. The Morgan fingerprint density at radius 3 is 2.45 bits per heavy atom. The molecule has 1 heterocycles. The first kappa shape index (κ1) is 14.1. The van der Waals surface area contributed by atoms with Crippen molar-refractivity contribution in [1.82, 2.24) is 9.97 Å². The minimum absolute atomic E-state index is 0.237. The van der Waals surface area contributed by atoms with Gasteiger partial charge in [-0.1, -0.05) is 17.7 Å². The van der Waals surface area contributed by atoms with E-state index in [0.717, 1.165) is 5.56 Å². The lowest BCUT2D eigenvalue weighted by Gasteiger charge is -2.08. The van der Waals surface area contributed by atoms with E-state index in [0.29, 0.717) is 16.4 Å². The van der Waals surface area contributed by atoms with Crippen molar-refractivity contribution in [2.75, 3.05) is 17.7 Å². The zero-order chi connectivity index (χ0) is 14.5. The van der Waals surface area contributed by atoms with Crippen molar-refractivity contribution in [3.63, 3.8) is 0 Å². The van der Waals surface area contributed by atoms with Crippen LogP contribution in [0.5, 0.6) is 6.01 Å². The summed E-state index contributed by atoms with van der Waals surface area (Å²) >= 11 is 5.99. The molecule has 7 heteroatoms. The second-order valence-corrected chi connectivity index (χ2v) is 4.41. The summed E-state index contributed by atoms with van der Waals surface area (Å²) in [5.74, 6) is 0. The third-order valence-electron chi connectivity index (χ3n) is 2.50. The van der Waals surface area contributed by atoms with Gasteiger partial charge in [-0.3, -0.25) is 0 Å². The molecule has 0 saturated heterocycles. The molecule has 0 bridgehead atoms. The summed E-state index contributed by atoms with van der Waals surface area (Å²) in [6, 6.07) is 5.11. The van der Waals surface area contributed by atoms with E-state index in [9.17, 15) is 4.79 Å². The highest BCUT2D eigenvalue weighted by molar-refractivity contribution is 6.31. The predicted molar refractivity (Wildman–Crippen MR) is 77.4 cm³/mol. The summed E-state index contributed by atoms with van der Waals surface area (Å²) in [6.45, 7) is 1.89. The third kappa shape index (κ3) is 3.58. The monoisotopic (exact) mass is 292 g/mol. The first-order valence-electron chi connectivity index (χ1n) is 5.78. The van der Waals surface area contributed by atoms with E-state index >= 15 is 0 Å². The molecule has 0 saturated carbocycles. The maximum atomic E-state index is 11.8. The van der Waals surface area contributed by atoms with Crippen LogP contribution in [0.1, 0.15) is 5.56 Å². The SMILES string of the molecule is COc1ncc(NC(=O)Nc2ccc(C)c(Cl)c2)cn1. The number of carbonyl (C=O) groups is 1. The lowest BCUT2D eigenvalue weighted by Crippen LogP contribution is -2.19. The number of aromatic nitrogens is 2. The lowest BCUT2D eigenvalue weighted by molar-refractivity contribution is 0.262. The highest BCUT2D eigenvalue weighted by Crippen LogP contribution is 2.20. The van der Waals surface area contributed by atoms with Crippen molar-refractivity contribution in [2.45, 2.75) is 6.92 Å². The number of urea groups is 1. The van der Waals surface area contributed by atoms with Crippen molar-refractivity contribution in [3.8, 4) is 6.01 Å². The molecule has 2 rings (SSSR count). The summed E-state index contributed by atoms with van der Waals surface area (Å²) in [7, 11) is 1.47. The van der Waals surface area contributed by atoms with Gasteiger partial charge in [0, 0.05) is 10.7 Å². The fourth-order valence-corrected chi connectivity index (χ4v) is 1.63.